The van der Waals surface area contributed by atoms with Crippen LogP contribution in [0.5, 0.6) is 5.75 Å². The van der Waals surface area contributed by atoms with E-state index in [9.17, 15) is 4.79 Å². The van der Waals surface area contributed by atoms with Crippen molar-refractivity contribution >= 4 is 6.29 Å². The van der Waals surface area contributed by atoms with Crippen molar-refractivity contribution in [3.05, 3.63) is 41.9 Å². The van der Waals surface area contributed by atoms with Crippen molar-refractivity contribution in [2.75, 3.05) is 7.11 Å². The highest BCUT2D eigenvalue weighted by Crippen LogP contribution is 2.20. The van der Waals surface area contributed by atoms with E-state index in [0.717, 1.165) is 22.7 Å². The van der Waals surface area contributed by atoms with Gasteiger partial charge < -0.3 is 4.74 Å². The molecule has 1 heterocycles. The summed E-state index contributed by atoms with van der Waals surface area (Å²) in [5, 5.41) is 0. The molecule has 2 rings (SSSR count). The van der Waals surface area contributed by atoms with Crippen LogP contribution in [0.1, 0.15) is 16.3 Å². The summed E-state index contributed by atoms with van der Waals surface area (Å²) in [7, 11) is 1.62. The first-order chi connectivity index (χ1) is 8.22. The van der Waals surface area contributed by atoms with Crippen LogP contribution in [0.25, 0.3) is 11.3 Å². The van der Waals surface area contributed by atoms with Gasteiger partial charge in [0, 0.05) is 11.3 Å². The summed E-state index contributed by atoms with van der Waals surface area (Å²) in [6.07, 6.45) is 0.653. The average molecular weight is 228 g/mol. The second-order valence-electron chi connectivity index (χ2n) is 3.60. The Kier molecular flexibility index (Phi) is 3.14. The maximum Gasteiger partial charge on any atom is 0.193 e. The van der Waals surface area contributed by atoms with Gasteiger partial charge in [-0.2, -0.15) is 0 Å². The summed E-state index contributed by atoms with van der Waals surface area (Å²) in [6.45, 7) is 1.84. The minimum absolute atomic E-state index is 0.204. The van der Waals surface area contributed by atoms with Gasteiger partial charge in [0.1, 0.15) is 5.75 Å². The third-order valence-corrected chi connectivity index (χ3v) is 2.36. The van der Waals surface area contributed by atoms with Crippen molar-refractivity contribution in [3.63, 3.8) is 0 Å². The number of methoxy groups -OCH3 is 1. The van der Waals surface area contributed by atoms with Crippen LogP contribution in [-0.4, -0.2) is 23.4 Å². The molecule has 0 saturated carbocycles. The first-order valence-electron chi connectivity index (χ1n) is 5.18. The standard InChI is InChI=1S/C13H12N2O2/c1-9-7-12(15-13(8-16)14-9)10-3-5-11(17-2)6-4-10/h3-8H,1-2H3. The second-order valence-corrected chi connectivity index (χ2v) is 3.60. The highest BCUT2D eigenvalue weighted by Gasteiger charge is 2.04. The summed E-state index contributed by atoms with van der Waals surface area (Å²) >= 11 is 0. The number of aldehydes is 1. The molecule has 17 heavy (non-hydrogen) atoms. The van der Waals surface area contributed by atoms with Gasteiger partial charge in [-0.1, -0.05) is 0 Å². The fourth-order valence-corrected chi connectivity index (χ4v) is 1.55. The van der Waals surface area contributed by atoms with E-state index in [0.29, 0.717) is 6.29 Å². The van der Waals surface area contributed by atoms with Crippen LogP contribution in [0.2, 0.25) is 0 Å². The molecular formula is C13H12N2O2. The fourth-order valence-electron chi connectivity index (χ4n) is 1.55. The number of aromatic nitrogens is 2. The lowest BCUT2D eigenvalue weighted by Gasteiger charge is -2.04. The average Bonchev–Trinajstić information content (AvgIpc) is 2.38. The van der Waals surface area contributed by atoms with Crippen LogP contribution in [0, 0.1) is 6.92 Å². The van der Waals surface area contributed by atoms with Gasteiger partial charge >= 0.3 is 0 Å². The Morgan fingerprint density at radius 3 is 2.47 bits per heavy atom. The Morgan fingerprint density at radius 1 is 1.18 bits per heavy atom. The molecule has 0 unspecified atom stereocenters. The van der Waals surface area contributed by atoms with Crippen LogP contribution in [0.4, 0.5) is 0 Å². The Balaban J connectivity index is 2.44. The molecule has 0 N–H and O–H groups in total. The van der Waals surface area contributed by atoms with Crippen molar-refractivity contribution in [2.45, 2.75) is 6.92 Å². The van der Waals surface area contributed by atoms with Crippen molar-refractivity contribution in [1.29, 1.82) is 0 Å². The van der Waals surface area contributed by atoms with E-state index in [2.05, 4.69) is 9.97 Å². The third kappa shape index (κ3) is 2.47. The number of aryl methyl sites for hydroxylation is 1. The molecule has 0 radical (unpaired) electrons. The summed E-state index contributed by atoms with van der Waals surface area (Å²) in [4.78, 5) is 18.9. The van der Waals surface area contributed by atoms with Gasteiger partial charge in [-0.05, 0) is 37.3 Å². The molecule has 0 aliphatic carbocycles. The zero-order chi connectivity index (χ0) is 12.3. The molecule has 0 atom stereocenters. The summed E-state index contributed by atoms with van der Waals surface area (Å²) in [6, 6.07) is 9.35. The van der Waals surface area contributed by atoms with E-state index >= 15 is 0 Å². The van der Waals surface area contributed by atoms with Gasteiger partial charge in [0.15, 0.2) is 12.1 Å². The molecule has 0 bridgehead atoms. The minimum Gasteiger partial charge on any atom is -0.497 e. The largest absolute Gasteiger partial charge is 0.497 e. The minimum atomic E-state index is 0.204. The number of hydrogen-bond acceptors (Lipinski definition) is 4. The number of nitrogens with zero attached hydrogens (tertiary/aromatic N) is 2. The SMILES string of the molecule is COc1ccc(-c2cc(C)nc(C=O)n2)cc1. The monoisotopic (exact) mass is 228 g/mol. The van der Waals surface area contributed by atoms with Crippen molar-refractivity contribution < 1.29 is 9.53 Å². The molecule has 0 aliphatic heterocycles. The van der Waals surface area contributed by atoms with Crippen molar-refractivity contribution in [3.8, 4) is 17.0 Å². The fraction of sp³-hybridized carbons (Fsp3) is 0.154. The van der Waals surface area contributed by atoms with Gasteiger partial charge in [0.25, 0.3) is 0 Å². The molecule has 2 aromatic rings. The predicted octanol–water partition coefficient (Wildman–Crippen LogP) is 2.27. The van der Waals surface area contributed by atoms with E-state index in [-0.39, 0.29) is 5.82 Å². The molecule has 0 fully saturated rings. The van der Waals surface area contributed by atoms with Crippen molar-refractivity contribution in [2.24, 2.45) is 0 Å². The van der Waals surface area contributed by atoms with Gasteiger partial charge in [-0.25, -0.2) is 9.97 Å². The highest BCUT2D eigenvalue weighted by atomic mass is 16.5. The smallest absolute Gasteiger partial charge is 0.193 e. The first kappa shape index (κ1) is 11.3. The molecule has 0 spiro atoms. The lowest BCUT2D eigenvalue weighted by atomic mass is 10.1. The highest BCUT2D eigenvalue weighted by molar-refractivity contribution is 5.71. The van der Waals surface area contributed by atoms with Crippen molar-refractivity contribution in [1.82, 2.24) is 9.97 Å². The molecule has 4 nitrogen and oxygen atoms in total. The molecule has 1 aromatic heterocycles. The summed E-state index contributed by atoms with van der Waals surface area (Å²) < 4.78 is 5.08. The van der Waals surface area contributed by atoms with Crippen LogP contribution >= 0.6 is 0 Å². The number of ether oxygens (including phenoxy) is 1. The van der Waals surface area contributed by atoms with Crippen LogP contribution < -0.4 is 4.74 Å². The quantitative estimate of drug-likeness (QED) is 0.756. The predicted molar refractivity (Wildman–Crippen MR) is 64.1 cm³/mol. The Morgan fingerprint density at radius 2 is 1.88 bits per heavy atom. The molecule has 1 aromatic carbocycles. The first-order valence-corrected chi connectivity index (χ1v) is 5.18. The molecule has 0 amide bonds. The number of rotatable bonds is 3. The third-order valence-electron chi connectivity index (χ3n) is 2.36. The Hall–Kier alpha value is -2.23. The maximum atomic E-state index is 10.7. The number of hydrogen-bond donors (Lipinski definition) is 0. The van der Waals surface area contributed by atoms with E-state index in [4.69, 9.17) is 4.74 Å². The van der Waals surface area contributed by atoms with Crippen LogP contribution in [0.15, 0.2) is 30.3 Å². The molecule has 86 valence electrons. The van der Waals surface area contributed by atoms with Crippen LogP contribution in [0.3, 0.4) is 0 Å². The summed E-state index contributed by atoms with van der Waals surface area (Å²) in [5.41, 5.74) is 2.44. The Bertz CT molecular complexity index is 536. The lowest BCUT2D eigenvalue weighted by molar-refractivity contribution is 0.111. The number of benzene rings is 1. The zero-order valence-corrected chi connectivity index (χ0v) is 9.68. The molecular weight excluding hydrogens is 216 g/mol. The van der Waals surface area contributed by atoms with E-state index in [1.165, 1.54) is 0 Å². The number of carbonyl (C=O) groups is 1. The van der Waals surface area contributed by atoms with Gasteiger partial charge in [-0.15, -0.1) is 0 Å². The normalized spacial score (nSPS) is 10.0. The second kappa shape index (κ2) is 4.74. The lowest BCUT2D eigenvalue weighted by Crippen LogP contribution is -1.97. The molecule has 4 heteroatoms. The zero-order valence-electron chi connectivity index (χ0n) is 9.68. The van der Waals surface area contributed by atoms with E-state index < -0.39 is 0 Å². The van der Waals surface area contributed by atoms with Gasteiger partial charge in [0.2, 0.25) is 0 Å². The van der Waals surface area contributed by atoms with Crippen LogP contribution in [-0.2, 0) is 0 Å². The summed E-state index contributed by atoms with van der Waals surface area (Å²) in [5.74, 6) is 0.992. The molecule has 0 aliphatic rings. The van der Waals surface area contributed by atoms with E-state index in [1.54, 1.807) is 7.11 Å². The maximum absolute atomic E-state index is 10.7. The Labute approximate surface area is 99.3 Å². The van der Waals surface area contributed by atoms with Gasteiger partial charge in [-0.3, -0.25) is 4.79 Å². The van der Waals surface area contributed by atoms with E-state index in [1.807, 2.05) is 37.3 Å². The van der Waals surface area contributed by atoms with Gasteiger partial charge in [0.05, 0.1) is 12.8 Å². The topological polar surface area (TPSA) is 52.1 Å². The molecule has 0 saturated heterocycles. The number of carbonyl (C=O) groups excluding carboxylic acids is 1.